The summed E-state index contributed by atoms with van der Waals surface area (Å²) in [5, 5.41) is 6.67. The molecule has 0 unspecified atom stereocenters. The monoisotopic (exact) mass is 448 g/mol. The van der Waals surface area contributed by atoms with E-state index in [1.807, 2.05) is 31.5 Å². The van der Waals surface area contributed by atoms with Gasteiger partial charge in [0.2, 0.25) is 0 Å². The molecule has 0 aliphatic heterocycles. The van der Waals surface area contributed by atoms with Crippen molar-refractivity contribution in [2.75, 3.05) is 11.6 Å². The van der Waals surface area contributed by atoms with Crippen LogP contribution in [0, 0.1) is 6.92 Å². The number of aromatic nitrogens is 3. The van der Waals surface area contributed by atoms with Crippen LogP contribution in [0.3, 0.4) is 0 Å². The van der Waals surface area contributed by atoms with Crippen LogP contribution in [-0.4, -0.2) is 21.2 Å². The van der Waals surface area contributed by atoms with Gasteiger partial charge in [0.05, 0.1) is 5.69 Å². The summed E-state index contributed by atoms with van der Waals surface area (Å²) in [4.78, 5) is 13.7. The molecule has 4 nitrogen and oxygen atoms in total. The summed E-state index contributed by atoms with van der Waals surface area (Å²) in [6.45, 7) is 2.70. The Labute approximate surface area is 198 Å². The van der Waals surface area contributed by atoms with Crippen molar-refractivity contribution in [2.24, 2.45) is 0 Å². The molecular formula is C28H24N4S. The zero-order valence-corrected chi connectivity index (χ0v) is 19.4. The van der Waals surface area contributed by atoms with Crippen molar-refractivity contribution in [2.45, 2.75) is 18.6 Å². The molecule has 0 radical (unpaired) electrons. The Kier molecular flexibility index (Phi) is 6.05. The number of nitrogens with zero attached hydrogens (tertiary/aromatic N) is 3. The zero-order chi connectivity index (χ0) is 22.6. The Morgan fingerprint density at radius 3 is 2.33 bits per heavy atom. The summed E-state index contributed by atoms with van der Waals surface area (Å²) >= 11 is 1.55. The quantitative estimate of drug-likeness (QED) is 0.224. The number of nitrogens with one attached hydrogen (secondary N) is 1. The van der Waals surface area contributed by atoms with Gasteiger partial charge < -0.3 is 5.32 Å². The van der Waals surface area contributed by atoms with E-state index in [1.54, 1.807) is 11.8 Å². The Bertz CT molecular complexity index is 1410. The number of fused-ring (bicyclic) bond motifs is 1. The minimum Gasteiger partial charge on any atom is -0.366 e. The van der Waals surface area contributed by atoms with E-state index in [4.69, 9.17) is 4.98 Å². The van der Waals surface area contributed by atoms with E-state index in [9.17, 15) is 0 Å². The molecule has 1 N–H and O–H groups in total. The lowest BCUT2D eigenvalue weighted by molar-refractivity contribution is 0.961. The first kappa shape index (κ1) is 21.2. The van der Waals surface area contributed by atoms with Gasteiger partial charge in [0, 0.05) is 30.1 Å². The second kappa shape index (κ2) is 9.43. The van der Waals surface area contributed by atoms with Crippen LogP contribution in [0.5, 0.6) is 0 Å². The first-order chi connectivity index (χ1) is 16.2. The molecule has 0 saturated heterocycles. The summed E-state index contributed by atoms with van der Waals surface area (Å²) in [5.74, 6) is 0.825. The molecule has 0 aliphatic carbocycles. The standard InChI is InChI=1S/C28H24N4S/c1-19-15-24(13-14-29-19)22-9-7-20(8-10-22)18-30-27-17-26(31-28(32-27)33-2)25-12-11-21-5-3-4-6-23(21)16-25/h3-17H,18H2,1-2H3,(H,30,31,32). The van der Waals surface area contributed by atoms with Gasteiger partial charge in [-0.2, -0.15) is 0 Å². The SMILES string of the molecule is CSc1nc(NCc2ccc(-c3ccnc(C)c3)cc2)cc(-c2ccc3ccccc3c2)n1. The van der Waals surface area contributed by atoms with E-state index in [-0.39, 0.29) is 0 Å². The Morgan fingerprint density at radius 1 is 0.758 bits per heavy atom. The van der Waals surface area contributed by atoms with Gasteiger partial charge in [-0.25, -0.2) is 9.97 Å². The molecule has 0 atom stereocenters. The van der Waals surface area contributed by atoms with Crippen molar-refractivity contribution in [1.82, 2.24) is 15.0 Å². The highest BCUT2D eigenvalue weighted by molar-refractivity contribution is 7.98. The maximum absolute atomic E-state index is 4.74. The number of hydrogen-bond donors (Lipinski definition) is 1. The minimum atomic E-state index is 0.692. The molecule has 0 amide bonds. The molecule has 5 heteroatoms. The van der Waals surface area contributed by atoms with Gasteiger partial charge in [0.25, 0.3) is 0 Å². The summed E-state index contributed by atoms with van der Waals surface area (Å²) in [7, 11) is 0. The van der Waals surface area contributed by atoms with Crippen molar-refractivity contribution < 1.29 is 0 Å². The summed E-state index contributed by atoms with van der Waals surface area (Å²) < 4.78 is 0. The molecule has 3 aromatic carbocycles. The van der Waals surface area contributed by atoms with E-state index >= 15 is 0 Å². The molecule has 0 aliphatic rings. The molecule has 0 bridgehead atoms. The summed E-state index contributed by atoms with van der Waals surface area (Å²) in [6, 6.07) is 29.6. The van der Waals surface area contributed by atoms with Crippen LogP contribution in [0.4, 0.5) is 5.82 Å². The fourth-order valence-corrected chi connectivity index (χ4v) is 4.22. The molecule has 5 rings (SSSR count). The zero-order valence-electron chi connectivity index (χ0n) is 18.6. The lowest BCUT2D eigenvalue weighted by atomic mass is 10.0. The van der Waals surface area contributed by atoms with Gasteiger partial charge in [-0.1, -0.05) is 72.4 Å². The fourth-order valence-electron chi connectivity index (χ4n) is 3.84. The lowest BCUT2D eigenvalue weighted by Gasteiger charge is -2.11. The first-order valence-electron chi connectivity index (χ1n) is 10.9. The lowest BCUT2D eigenvalue weighted by Crippen LogP contribution is -2.03. The number of aryl methyl sites for hydroxylation is 1. The normalized spacial score (nSPS) is 11.0. The Hall–Kier alpha value is -3.70. The number of hydrogen-bond acceptors (Lipinski definition) is 5. The van der Waals surface area contributed by atoms with Crippen LogP contribution >= 0.6 is 11.8 Å². The molecule has 0 spiro atoms. The van der Waals surface area contributed by atoms with Crippen LogP contribution in [-0.2, 0) is 6.54 Å². The van der Waals surface area contributed by atoms with E-state index in [1.165, 1.54) is 27.5 Å². The predicted molar refractivity (Wildman–Crippen MR) is 138 cm³/mol. The average Bonchev–Trinajstić information content (AvgIpc) is 2.87. The molecule has 0 fully saturated rings. The highest BCUT2D eigenvalue weighted by Crippen LogP contribution is 2.27. The third kappa shape index (κ3) is 4.89. The van der Waals surface area contributed by atoms with Gasteiger partial charge in [-0.05, 0) is 58.8 Å². The summed E-state index contributed by atoms with van der Waals surface area (Å²) in [5.41, 5.74) is 6.60. The van der Waals surface area contributed by atoms with Crippen LogP contribution in [0.15, 0.2) is 96.3 Å². The molecule has 162 valence electrons. The number of pyridine rings is 1. The largest absolute Gasteiger partial charge is 0.366 e. The Morgan fingerprint density at radius 2 is 1.55 bits per heavy atom. The van der Waals surface area contributed by atoms with Crippen molar-refractivity contribution >= 4 is 28.4 Å². The molecule has 33 heavy (non-hydrogen) atoms. The number of anilines is 1. The van der Waals surface area contributed by atoms with Crippen molar-refractivity contribution in [3.05, 3.63) is 102 Å². The number of benzene rings is 3. The number of rotatable bonds is 6. The van der Waals surface area contributed by atoms with Crippen molar-refractivity contribution in [3.63, 3.8) is 0 Å². The van der Waals surface area contributed by atoms with E-state index in [0.29, 0.717) is 6.54 Å². The second-order valence-electron chi connectivity index (χ2n) is 7.92. The van der Waals surface area contributed by atoms with Gasteiger partial charge in [-0.3, -0.25) is 4.98 Å². The molecular weight excluding hydrogens is 424 g/mol. The van der Waals surface area contributed by atoms with E-state index in [2.05, 4.69) is 88.1 Å². The maximum atomic E-state index is 4.74. The fraction of sp³-hybridized carbons (Fsp3) is 0.107. The molecule has 2 heterocycles. The molecule has 2 aromatic heterocycles. The number of thioether (sulfide) groups is 1. The predicted octanol–water partition coefficient (Wildman–Crippen LogP) is 7.00. The second-order valence-corrected chi connectivity index (χ2v) is 8.70. The van der Waals surface area contributed by atoms with Crippen LogP contribution < -0.4 is 5.32 Å². The minimum absolute atomic E-state index is 0.692. The van der Waals surface area contributed by atoms with Crippen LogP contribution in [0.2, 0.25) is 0 Å². The van der Waals surface area contributed by atoms with Crippen molar-refractivity contribution in [1.29, 1.82) is 0 Å². The van der Waals surface area contributed by atoms with Gasteiger partial charge in [0.15, 0.2) is 5.16 Å². The maximum Gasteiger partial charge on any atom is 0.189 e. The molecule has 0 saturated carbocycles. The highest BCUT2D eigenvalue weighted by atomic mass is 32.2. The Balaban J connectivity index is 1.36. The molecule has 5 aromatic rings. The third-order valence-corrected chi connectivity index (χ3v) is 6.14. The van der Waals surface area contributed by atoms with Crippen molar-refractivity contribution in [3.8, 4) is 22.4 Å². The van der Waals surface area contributed by atoms with Gasteiger partial charge >= 0.3 is 0 Å². The summed E-state index contributed by atoms with van der Waals surface area (Å²) in [6.07, 6.45) is 3.86. The topological polar surface area (TPSA) is 50.7 Å². The van der Waals surface area contributed by atoms with Gasteiger partial charge in [-0.15, -0.1) is 0 Å². The third-order valence-electron chi connectivity index (χ3n) is 5.59. The van der Waals surface area contributed by atoms with Crippen LogP contribution in [0.1, 0.15) is 11.3 Å². The first-order valence-corrected chi connectivity index (χ1v) is 12.1. The highest BCUT2D eigenvalue weighted by Gasteiger charge is 2.08. The van der Waals surface area contributed by atoms with E-state index in [0.717, 1.165) is 27.9 Å². The average molecular weight is 449 g/mol. The van der Waals surface area contributed by atoms with E-state index < -0.39 is 0 Å². The van der Waals surface area contributed by atoms with Gasteiger partial charge in [0.1, 0.15) is 5.82 Å². The van der Waals surface area contributed by atoms with Crippen LogP contribution in [0.25, 0.3) is 33.2 Å². The smallest absolute Gasteiger partial charge is 0.189 e.